The quantitative estimate of drug-likeness (QED) is 0.586. The molecule has 3 aromatic carbocycles. The van der Waals surface area contributed by atoms with Crippen LogP contribution in [0, 0.1) is 6.92 Å². The minimum absolute atomic E-state index is 1.25. The average molecular weight is 352 g/mol. The maximum atomic E-state index is 6.27. The zero-order chi connectivity index (χ0) is 17.4. The van der Waals surface area contributed by atoms with Crippen LogP contribution in [0.4, 0.5) is 0 Å². The minimum Gasteiger partial charge on any atom is -0.0826 e. The van der Waals surface area contributed by atoms with Crippen LogP contribution in [0.5, 0.6) is 0 Å². The maximum absolute atomic E-state index is 6.27. The van der Waals surface area contributed by atoms with Crippen LogP contribution in [0.15, 0.2) is 84.9 Å². The van der Waals surface area contributed by atoms with Crippen molar-refractivity contribution in [2.75, 3.05) is 0 Å². The van der Waals surface area contributed by atoms with Crippen molar-refractivity contribution in [3.63, 3.8) is 0 Å². The summed E-state index contributed by atoms with van der Waals surface area (Å²) in [6, 6.07) is 27.7. The van der Waals surface area contributed by atoms with Gasteiger partial charge in [0.05, 0.1) is 0 Å². The van der Waals surface area contributed by atoms with Crippen LogP contribution >= 0.6 is 6.04 Å². The highest BCUT2D eigenvalue weighted by Crippen LogP contribution is 2.42. The molecule has 0 aliphatic rings. The Kier molecular flexibility index (Phi) is 6.97. The second kappa shape index (κ2) is 8.97. The molecule has 2 heteroatoms. The molecule has 0 radical (unpaired) electrons. The zero-order valence-corrected chi connectivity index (χ0v) is 16.4. The van der Waals surface area contributed by atoms with E-state index in [9.17, 15) is 0 Å². The predicted octanol–water partition coefficient (Wildman–Crippen LogP) is 5.17. The van der Waals surface area contributed by atoms with E-state index in [-0.39, 0.29) is 0 Å². The lowest BCUT2D eigenvalue weighted by Gasteiger charge is -2.24. The van der Waals surface area contributed by atoms with Gasteiger partial charge in [-0.15, -0.1) is 0 Å². The number of benzene rings is 3. The first-order valence-corrected chi connectivity index (χ1v) is 11.2. The highest BCUT2D eigenvalue weighted by molar-refractivity contribution is 8.25. The highest BCUT2D eigenvalue weighted by atomic mass is 32.4. The second-order valence-electron chi connectivity index (χ2n) is 5.83. The van der Waals surface area contributed by atoms with Crippen LogP contribution in [0.1, 0.15) is 25.8 Å². The molecule has 0 aliphatic heterocycles. The van der Waals surface area contributed by atoms with E-state index in [2.05, 4.69) is 93.6 Å². The number of rotatable bonds is 3. The van der Waals surface area contributed by atoms with Gasteiger partial charge in [0.2, 0.25) is 0 Å². The Bertz CT molecular complexity index is 751. The molecule has 0 saturated carbocycles. The van der Waals surface area contributed by atoms with Crippen LogP contribution in [0.2, 0.25) is 0 Å². The Balaban J connectivity index is 0.000000647. The van der Waals surface area contributed by atoms with Crippen molar-refractivity contribution in [2.45, 2.75) is 27.2 Å². The van der Waals surface area contributed by atoms with Crippen molar-refractivity contribution >= 4 is 33.8 Å². The van der Waals surface area contributed by atoms with Gasteiger partial charge in [0, 0.05) is 6.04 Å². The molecule has 0 unspecified atom stereocenters. The normalized spacial score (nSPS) is 10.6. The van der Waals surface area contributed by atoms with Crippen molar-refractivity contribution in [3.05, 3.63) is 90.5 Å². The van der Waals surface area contributed by atoms with E-state index >= 15 is 0 Å². The summed E-state index contributed by atoms with van der Waals surface area (Å²) in [6.07, 6.45) is 1.25. The van der Waals surface area contributed by atoms with Crippen LogP contribution in [0.3, 0.4) is 0 Å². The summed E-state index contributed by atoms with van der Waals surface area (Å²) < 4.78 is 0. The molecule has 0 N–H and O–H groups in total. The first-order valence-electron chi connectivity index (χ1n) is 8.41. The molecule has 3 rings (SSSR count). The van der Waals surface area contributed by atoms with E-state index in [1.54, 1.807) is 0 Å². The molecule has 0 atom stereocenters. The van der Waals surface area contributed by atoms with E-state index in [1.165, 1.54) is 27.9 Å². The largest absolute Gasteiger partial charge is 0.0826 e. The Labute approximate surface area is 151 Å². The Morgan fingerprint density at radius 2 is 1.08 bits per heavy atom. The van der Waals surface area contributed by atoms with Gasteiger partial charge in [-0.2, -0.15) is 0 Å². The fourth-order valence-corrected chi connectivity index (χ4v) is 6.38. The molecular formula is C22H25PS. The van der Waals surface area contributed by atoms with Crippen LogP contribution in [-0.2, 0) is 11.8 Å². The van der Waals surface area contributed by atoms with E-state index < -0.39 is 6.04 Å². The van der Waals surface area contributed by atoms with Gasteiger partial charge < -0.3 is 0 Å². The van der Waals surface area contributed by atoms with Gasteiger partial charge in [-0.3, -0.25) is 0 Å². The molecule has 0 fully saturated rings. The first-order chi connectivity index (χ1) is 11.6. The molecule has 124 valence electrons. The molecule has 0 amide bonds. The third-order valence-corrected chi connectivity index (χ3v) is 8.56. The Morgan fingerprint density at radius 1 is 0.667 bits per heavy atom. The molecule has 24 heavy (non-hydrogen) atoms. The van der Waals surface area contributed by atoms with E-state index in [1.807, 2.05) is 12.1 Å². The molecule has 3 aromatic rings. The van der Waals surface area contributed by atoms with Gasteiger partial charge in [0.25, 0.3) is 0 Å². The molecule has 0 aromatic heterocycles. The van der Waals surface area contributed by atoms with Gasteiger partial charge in [-0.1, -0.05) is 123 Å². The molecule has 0 aliphatic carbocycles. The molecule has 0 spiro atoms. The third-order valence-electron chi connectivity index (χ3n) is 3.60. The summed E-state index contributed by atoms with van der Waals surface area (Å²) in [4.78, 5) is 0. The zero-order valence-electron chi connectivity index (χ0n) is 14.6. The fraction of sp³-hybridized carbons (Fsp3) is 0.182. The SMILES string of the molecule is CCC.Cc1cccc(P(=S)(c2ccccc2)c2ccccc2)c1. The summed E-state index contributed by atoms with van der Waals surface area (Å²) in [5, 5.41) is 3.75. The lowest BCUT2D eigenvalue weighted by molar-refractivity contribution is 1.09. The van der Waals surface area contributed by atoms with Crippen molar-refractivity contribution in [2.24, 2.45) is 0 Å². The molecule has 0 saturated heterocycles. The lowest BCUT2D eigenvalue weighted by atomic mass is 10.2. The molecular weight excluding hydrogens is 327 g/mol. The standard InChI is InChI=1S/C19H17PS.C3H8/c1-16-9-8-14-19(15-16)20(21,17-10-4-2-5-11-17)18-12-6-3-7-13-18;1-3-2/h2-15H,1H3;3H2,1-2H3. The van der Waals surface area contributed by atoms with Gasteiger partial charge in [-0.25, -0.2) is 0 Å². The summed E-state index contributed by atoms with van der Waals surface area (Å²) in [5.41, 5.74) is 1.26. The number of hydrogen-bond donors (Lipinski definition) is 0. The number of hydrogen-bond acceptors (Lipinski definition) is 1. The third kappa shape index (κ3) is 4.23. The molecule has 0 nitrogen and oxygen atoms in total. The number of aryl methyl sites for hydroxylation is 1. The summed E-state index contributed by atoms with van der Waals surface area (Å²) in [7, 11) is 0. The van der Waals surface area contributed by atoms with Gasteiger partial charge in [-0.05, 0) is 22.8 Å². The summed E-state index contributed by atoms with van der Waals surface area (Å²) in [6.45, 7) is 6.37. The van der Waals surface area contributed by atoms with Gasteiger partial charge in [0.1, 0.15) is 0 Å². The smallest absolute Gasteiger partial charge is 0.0379 e. The van der Waals surface area contributed by atoms with Gasteiger partial charge in [0.15, 0.2) is 0 Å². The van der Waals surface area contributed by atoms with E-state index in [4.69, 9.17) is 11.8 Å². The van der Waals surface area contributed by atoms with E-state index in [0.29, 0.717) is 0 Å². The van der Waals surface area contributed by atoms with Crippen molar-refractivity contribution < 1.29 is 0 Å². The molecule has 0 heterocycles. The Morgan fingerprint density at radius 3 is 1.50 bits per heavy atom. The lowest BCUT2D eigenvalue weighted by Crippen LogP contribution is -2.24. The predicted molar refractivity (Wildman–Crippen MR) is 113 cm³/mol. The van der Waals surface area contributed by atoms with Crippen LogP contribution in [-0.4, -0.2) is 0 Å². The first kappa shape index (κ1) is 18.6. The second-order valence-corrected chi connectivity index (χ2v) is 10.2. The van der Waals surface area contributed by atoms with Crippen molar-refractivity contribution in [3.8, 4) is 0 Å². The highest BCUT2D eigenvalue weighted by Gasteiger charge is 2.24. The van der Waals surface area contributed by atoms with E-state index in [0.717, 1.165) is 0 Å². The maximum Gasteiger partial charge on any atom is 0.0379 e. The van der Waals surface area contributed by atoms with Crippen LogP contribution < -0.4 is 15.9 Å². The topological polar surface area (TPSA) is 0 Å². The average Bonchev–Trinajstić information content (AvgIpc) is 2.63. The summed E-state index contributed by atoms with van der Waals surface area (Å²) >= 11 is 6.27. The van der Waals surface area contributed by atoms with Crippen molar-refractivity contribution in [1.29, 1.82) is 0 Å². The minimum atomic E-state index is -1.97. The fourth-order valence-electron chi connectivity index (χ4n) is 2.55. The van der Waals surface area contributed by atoms with Crippen molar-refractivity contribution in [1.82, 2.24) is 0 Å². The Hall–Kier alpha value is -1.69. The van der Waals surface area contributed by atoms with Crippen LogP contribution in [0.25, 0.3) is 0 Å². The monoisotopic (exact) mass is 352 g/mol. The van der Waals surface area contributed by atoms with Gasteiger partial charge >= 0.3 is 0 Å². The summed E-state index contributed by atoms with van der Waals surface area (Å²) in [5.74, 6) is 0. The molecule has 0 bridgehead atoms.